The molecule has 3 rings (SSSR count). The third kappa shape index (κ3) is 3.26. The molecule has 0 unspecified atom stereocenters. The summed E-state index contributed by atoms with van der Waals surface area (Å²) in [6.07, 6.45) is 0.229. The zero-order valence-corrected chi connectivity index (χ0v) is 12.9. The van der Waals surface area contributed by atoms with E-state index in [9.17, 15) is 0 Å². The van der Waals surface area contributed by atoms with Gasteiger partial charge in [0.15, 0.2) is 0 Å². The first-order chi connectivity index (χ1) is 10.1. The van der Waals surface area contributed by atoms with E-state index in [2.05, 4.69) is 28.9 Å². The molecule has 2 aromatic rings. The van der Waals surface area contributed by atoms with Gasteiger partial charge in [-0.25, -0.2) is 0 Å². The quantitative estimate of drug-likeness (QED) is 0.872. The molecule has 1 aromatic carbocycles. The van der Waals surface area contributed by atoms with Gasteiger partial charge in [-0.3, -0.25) is 4.90 Å². The Morgan fingerprint density at radius 2 is 2.14 bits per heavy atom. The van der Waals surface area contributed by atoms with Gasteiger partial charge < -0.3 is 9.26 Å². The number of hydrogen-bond acceptors (Lipinski definition) is 5. The Morgan fingerprint density at radius 3 is 2.95 bits per heavy atom. The molecule has 1 aromatic heterocycles. The number of rotatable bonds is 3. The maximum atomic E-state index is 6.15. The van der Waals surface area contributed by atoms with E-state index in [1.165, 1.54) is 0 Å². The predicted octanol–water partition coefficient (Wildman–Crippen LogP) is 3.00. The minimum Gasteiger partial charge on any atom is -0.376 e. The maximum absolute atomic E-state index is 6.15. The van der Waals surface area contributed by atoms with Crippen LogP contribution < -0.4 is 0 Å². The van der Waals surface area contributed by atoms with Crippen LogP contribution in [0.4, 0.5) is 0 Å². The molecule has 0 aliphatic carbocycles. The number of nitrogens with zero attached hydrogens (tertiary/aromatic N) is 3. The van der Waals surface area contributed by atoms with Gasteiger partial charge in [0.2, 0.25) is 11.7 Å². The third-order valence-corrected chi connectivity index (χ3v) is 3.99. The Morgan fingerprint density at radius 1 is 1.33 bits per heavy atom. The molecule has 0 bridgehead atoms. The zero-order chi connectivity index (χ0) is 14.8. The molecule has 0 amide bonds. The Balaban J connectivity index is 1.75. The number of halogens is 1. The van der Waals surface area contributed by atoms with Crippen LogP contribution in [0.25, 0.3) is 11.4 Å². The number of hydrogen-bond donors (Lipinski definition) is 0. The molecule has 1 fully saturated rings. The van der Waals surface area contributed by atoms with Gasteiger partial charge in [-0.05, 0) is 26.0 Å². The SMILES string of the molecule is C[C@@H]1CN(Cc2nc(-c3ccccc3Cl)no2)[C@H](C)CO1. The van der Waals surface area contributed by atoms with Crippen molar-refractivity contribution in [2.45, 2.75) is 32.5 Å². The first-order valence-corrected chi connectivity index (χ1v) is 7.44. The van der Waals surface area contributed by atoms with Gasteiger partial charge in [0.05, 0.1) is 24.3 Å². The summed E-state index contributed by atoms with van der Waals surface area (Å²) in [6.45, 7) is 6.43. The minimum absolute atomic E-state index is 0.229. The summed E-state index contributed by atoms with van der Waals surface area (Å²) < 4.78 is 11.0. The van der Waals surface area contributed by atoms with Crippen LogP contribution in [0.5, 0.6) is 0 Å². The largest absolute Gasteiger partial charge is 0.376 e. The van der Waals surface area contributed by atoms with Crippen molar-refractivity contribution >= 4 is 11.6 Å². The number of aromatic nitrogens is 2. The molecule has 6 heteroatoms. The topological polar surface area (TPSA) is 51.4 Å². The molecule has 2 heterocycles. The molecular weight excluding hydrogens is 290 g/mol. The van der Waals surface area contributed by atoms with Crippen LogP contribution in [0.1, 0.15) is 19.7 Å². The van der Waals surface area contributed by atoms with E-state index in [1.807, 2.05) is 24.3 Å². The molecule has 5 nitrogen and oxygen atoms in total. The van der Waals surface area contributed by atoms with E-state index >= 15 is 0 Å². The van der Waals surface area contributed by atoms with Crippen molar-refractivity contribution in [3.05, 3.63) is 35.2 Å². The third-order valence-electron chi connectivity index (χ3n) is 3.66. The Labute approximate surface area is 128 Å². The van der Waals surface area contributed by atoms with Crippen molar-refractivity contribution in [1.82, 2.24) is 15.0 Å². The van der Waals surface area contributed by atoms with Gasteiger partial charge >= 0.3 is 0 Å². The predicted molar refractivity (Wildman–Crippen MR) is 80.0 cm³/mol. The maximum Gasteiger partial charge on any atom is 0.241 e. The second-order valence-electron chi connectivity index (χ2n) is 5.41. The highest BCUT2D eigenvalue weighted by Gasteiger charge is 2.25. The van der Waals surface area contributed by atoms with Crippen molar-refractivity contribution in [2.75, 3.05) is 13.2 Å². The lowest BCUT2D eigenvalue weighted by molar-refractivity contribution is -0.0555. The van der Waals surface area contributed by atoms with Gasteiger partial charge in [0.1, 0.15) is 0 Å². The summed E-state index contributed by atoms with van der Waals surface area (Å²) >= 11 is 6.15. The average molecular weight is 308 g/mol. The number of benzene rings is 1. The molecule has 0 spiro atoms. The van der Waals surface area contributed by atoms with Crippen LogP contribution >= 0.6 is 11.6 Å². The fourth-order valence-electron chi connectivity index (χ4n) is 2.44. The van der Waals surface area contributed by atoms with E-state index in [-0.39, 0.29) is 6.10 Å². The highest BCUT2D eigenvalue weighted by Crippen LogP contribution is 2.25. The molecule has 1 aliphatic heterocycles. The van der Waals surface area contributed by atoms with Crippen LogP contribution in [0.15, 0.2) is 28.8 Å². The highest BCUT2D eigenvalue weighted by atomic mass is 35.5. The second kappa shape index (κ2) is 6.13. The molecule has 112 valence electrons. The van der Waals surface area contributed by atoms with Gasteiger partial charge in [0, 0.05) is 18.2 Å². The Hall–Kier alpha value is -1.43. The van der Waals surface area contributed by atoms with Crippen molar-refractivity contribution < 1.29 is 9.26 Å². The number of morpholine rings is 1. The normalized spacial score (nSPS) is 23.4. The summed E-state index contributed by atoms with van der Waals surface area (Å²) in [5.74, 6) is 1.13. The molecule has 2 atom stereocenters. The molecule has 0 N–H and O–H groups in total. The van der Waals surface area contributed by atoms with Gasteiger partial charge in [-0.2, -0.15) is 4.98 Å². The molecule has 0 saturated carbocycles. The average Bonchev–Trinajstić information content (AvgIpc) is 2.92. The van der Waals surface area contributed by atoms with Crippen molar-refractivity contribution in [1.29, 1.82) is 0 Å². The van der Waals surface area contributed by atoms with E-state index in [0.29, 0.717) is 29.3 Å². The summed E-state index contributed by atoms with van der Waals surface area (Å²) in [6, 6.07) is 7.83. The van der Waals surface area contributed by atoms with Crippen molar-refractivity contribution in [3.8, 4) is 11.4 Å². The standard InChI is InChI=1S/C15H18ClN3O2/c1-10-9-20-11(2)7-19(10)8-14-17-15(18-21-14)12-5-3-4-6-13(12)16/h3-6,10-11H,7-9H2,1-2H3/t10-,11-/m1/s1. The highest BCUT2D eigenvalue weighted by molar-refractivity contribution is 6.33. The van der Waals surface area contributed by atoms with Crippen LogP contribution in [0.3, 0.4) is 0 Å². The summed E-state index contributed by atoms with van der Waals surface area (Å²) in [7, 11) is 0. The smallest absolute Gasteiger partial charge is 0.241 e. The van der Waals surface area contributed by atoms with Gasteiger partial charge in [0.25, 0.3) is 0 Å². The zero-order valence-electron chi connectivity index (χ0n) is 12.1. The van der Waals surface area contributed by atoms with E-state index in [4.69, 9.17) is 20.9 Å². The van der Waals surface area contributed by atoms with Gasteiger partial charge in [-0.1, -0.05) is 28.9 Å². The van der Waals surface area contributed by atoms with Crippen LogP contribution in [0.2, 0.25) is 5.02 Å². The van der Waals surface area contributed by atoms with E-state index < -0.39 is 0 Å². The fraction of sp³-hybridized carbons (Fsp3) is 0.467. The fourth-order valence-corrected chi connectivity index (χ4v) is 2.66. The van der Waals surface area contributed by atoms with Crippen LogP contribution in [-0.4, -0.2) is 40.3 Å². The van der Waals surface area contributed by atoms with Crippen LogP contribution in [-0.2, 0) is 11.3 Å². The van der Waals surface area contributed by atoms with Crippen molar-refractivity contribution in [2.24, 2.45) is 0 Å². The summed E-state index contributed by atoms with van der Waals surface area (Å²) in [4.78, 5) is 6.74. The second-order valence-corrected chi connectivity index (χ2v) is 5.82. The first-order valence-electron chi connectivity index (χ1n) is 7.06. The van der Waals surface area contributed by atoms with E-state index in [1.54, 1.807) is 0 Å². The molecule has 1 aliphatic rings. The first kappa shape index (κ1) is 14.5. The summed E-state index contributed by atoms with van der Waals surface area (Å²) in [5.41, 5.74) is 0.789. The summed E-state index contributed by atoms with van der Waals surface area (Å²) in [5, 5.41) is 4.65. The van der Waals surface area contributed by atoms with Gasteiger partial charge in [-0.15, -0.1) is 0 Å². The minimum atomic E-state index is 0.229. The Kier molecular flexibility index (Phi) is 4.24. The number of ether oxygens (including phenoxy) is 1. The monoisotopic (exact) mass is 307 g/mol. The Bertz CT molecular complexity index is 616. The lowest BCUT2D eigenvalue weighted by Crippen LogP contribution is -2.46. The molecule has 21 heavy (non-hydrogen) atoms. The lowest BCUT2D eigenvalue weighted by atomic mass is 10.2. The van der Waals surface area contributed by atoms with Crippen molar-refractivity contribution in [3.63, 3.8) is 0 Å². The van der Waals surface area contributed by atoms with E-state index in [0.717, 1.165) is 18.7 Å². The van der Waals surface area contributed by atoms with Crippen LogP contribution in [0, 0.1) is 0 Å². The molecule has 1 saturated heterocycles. The molecular formula is C15H18ClN3O2. The molecule has 0 radical (unpaired) electrons. The lowest BCUT2D eigenvalue weighted by Gasteiger charge is -2.35.